The topological polar surface area (TPSA) is 136 Å². The zero-order valence-electron chi connectivity index (χ0n) is 20.1. The lowest BCUT2D eigenvalue weighted by molar-refractivity contribution is 0.377. The number of rotatable bonds is 7. The van der Waals surface area contributed by atoms with Gasteiger partial charge in [0.1, 0.15) is 0 Å². The van der Waals surface area contributed by atoms with Crippen LogP contribution in [0.5, 0.6) is 17.2 Å². The van der Waals surface area contributed by atoms with Crippen LogP contribution in [0.15, 0.2) is 76.7 Å². The Labute approximate surface area is 208 Å². The average molecular weight is 508 g/mol. The molecule has 186 valence electrons. The Morgan fingerprint density at radius 3 is 2.17 bits per heavy atom. The molecule has 0 amide bonds. The highest BCUT2D eigenvalue weighted by Crippen LogP contribution is 2.33. The first-order valence-electron chi connectivity index (χ1n) is 10.9. The number of ether oxygens (including phenoxy) is 2. The fraction of sp³-hybridized carbons (Fsp3) is 0.200. The minimum Gasteiger partial charge on any atom is -0.493 e. The van der Waals surface area contributed by atoms with Gasteiger partial charge >= 0.3 is 0 Å². The molecule has 0 fully saturated rings. The maximum atomic E-state index is 13.3. The molecule has 2 N–H and O–H groups in total. The maximum Gasteiger partial charge on any atom is 0.296 e. The average Bonchev–Trinajstić information content (AvgIpc) is 2.86. The third-order valence-corrected chi connectivity index (χ3v) is 6.55. The van der Waals surface area contributed by atoms with E-state index < -0.39 is 15.6 Å². The van der Waals surface area contributed by atoms with E-state index in [0.717, 1.165) is 5.56 Å². The van der Waals surface area contributed by atoms with Crippen LogP contribution in [0, 0.1) is 0 Å². The molecule has 4 rings (SSSR count). The van der Waals surface area contributed by atoms with Gasteiger partial charge in [0.15, 0.2) is 29.0 Å². The smallest absolute Gasteiger partial charge is 0.296 e. The third kappa shape index (κ3) is 5.36. The summed E-state index contributed by atoms with van der Waals surface area (Å²) in [6, 6.07) is 14.7. The molecule has 0 atom stereocenters. The molecule has 0 saturated carbocycles. The highest BCUT2D eigenvalue weighted by Gasteiger charge is 2.24. The monoisotopic (exact) mass is 507 g/mol. The molecule has 0 saturated heterocycles. The van der Waals surface area contributed by atoms with Crippen LogP contribution in [-0.2, 0) is 15.4 Å². The van der Waals surface area contributed by atoms with E-state index in [1.165, 1.54) is 31.6 Å². The Morgan fingerprint density at radius 2 is 1.56 bits per heavy atom. The van der Waals surface area contributed by atoms with E-state index in [2.05, 4.69) is 24.7 Å². The van der Waals surface area contributed by atoms with Crippen LogP contribution in [0.3, 0.4) is 0 Å². The number of H-pyrrole nitrogens is 1. The summed E-state index contributed by atoms with van der Waals surface area (Å²) < 4.78 is 40.0. The van der Waals surface area contributed by atoms with Crippen LogP contribution in [0.4, 0.5) is 5.82 Å². The molecule has 0 aliphatic rings. The van der Waals surface area contributed by atoms with Crippen molar-refractivity contribution < 1.29 is 17.9 Å². The van der Waals surface area contributed by atoms with Crippen molar-refractivity contribution in [2.45, 2.75) is 31.1 Å². The molecule has 0 aliphatic heterocycles. The van der Waals surface area contributed by atoms with Crippen LogP contribution in [-0.4, -0.2) is 35.5 Å². The Hall–Kier alpha value is -4.25. The van der Waals surface area contributed by atoms with E-state index in [1.807, 2.05) is 20.8 Å². The standard InChI is InChI=1S/C25H25N5O5S/c1-25(2,3)16-10-12-17(13-11-16)36(32,33)30-21-20(35-19-9-6-5-8-18(19)34-4)24(31)29-23(28-21)22-26-14-7-15-27-22/h5-15H,1-4H3,(H2,28,29,30,31). The van der Waals surface area contributed by atoms with Gasteiger partial charge in [0.25, 0.3) is 15.6 Å². The summed E-state index contributed by atoms with van der Waals surface area (Å²) in [5.41, 5.74) is 0.0863. The molecule has 0 radical (unpaired) electrons. The molecule has 2 aromatic carbocycles. The first-order valence-corrected chi connectivity index (χ1v) is 12.4. The summed E-state index contributed by atoms with van der Waals surface area (Å²) >= 11 is 0. The number of anilines is 1. The van der Waals surface area contributed by atoms with E-state index in [9.17, 15) is 13.2 Å². The Kier molecular flexibility index (Phi) is 6.75. The van der Waals surface area contributed by atoms with Gasteiger partial charge < -0.3 is 14.5 Å². The van der Waals surface area contributed by atoms with Crippen LogP contribution < -0.4 is 19.8 Å². The number of methoxy groups -OCH3 is 1. The van der Waals surface area contributed by atoms with E-state index in [1.54, 1.807) is 42.5 Å². The normalized spacial score (nSPS) is 11.7. The second kappa shape index (κ2) is 9.78. The van der Waals surface area contributed by atoms with Gasteiger partial charge in [0.2, 0.25) is 5.75 Å². The van der Waals surface area contributed by atoms with E-state index in [0.29, 0.717) is 5.75 Å². The Balaban J connectivity index is 1.80. The summed E-state index contributed by atoms with van der Waals surface area (Å²) in [7, 11) is -2.69. The number of nitrogens with zero attached hydrogens (tertiary/aromatic N) is 3. The van der Waals surface area contributed by atoms with Gasteiger partial charge in [-0.1, -0.05) is 45.0 Å². The van der Waals surface area contributed by atoms with Crippen molar-refractivity contribution in [2.24, 2.45) is 0 Å². The SMILES string of the molecule is COc1ccccc1Oc1c(NS(=O)(=O)c2ccc(C(C)(C)C)cc2)nc(-c2ncccn2)[nH]c1=O. The molecule has 11 heteroatoms. The van der Waals surface area contributed by atoms with Crippen LogP contribution in [0.2, 0.25) is 0 Å². The highest BCUT2D eigenvalue weighted by molar-refractivity contribution is 7.92. The zero-order valence-corrected chi connectivity index (χ0v) is 21.0. The summed E-state index contributed by atoms with van der Waals surface area (Å²) in [5.74, 6) is -0.0758. The van der Waals surface area contributed by atoms with Gasteiger partial charge in [0.05, 0.1) is 12.0 Å². The van der Waals surface area contributed by atoms with Crippen molar-refractivity contribution in [3.8, 4) is 28.9 Å². The van der Waals surface area contributed by atoms with Gasteiger partial charge in [-0.3, -0.25) is 9.52 Å². The fourth-order valence-electron chi connectivity index (χ4n) is 3.29. The number of hydrogen-bond acceptors (Lipinski definition) is 8. The largest absolute Gasteiger partial charge is 0.493 e. The summed E-state index contributed by atoms with van der Waals surface area (Å²) in [6.07, 6.45) is 2.95. The fourth-order valence-corrected chi connectivity index (χ4v) is 4.29. The molecule has 10 nitrogen and oxygen atoms in total. The lowest BCUT2D eigenvalue weighted by Gasteiger charge is -2.19. The van der Waals surface area contributed by atoms with Gasteiger partial charge in [-0.05, 0) is 41.3 Å². The van der Waals surface area contributed by atoms with Crippen LogP contribution >= 0.6 is 0 Å². The molecular weight excluding hydrogens is 482 g/mol. The number of hydrogen-bond donors (Lipinski definition) is 2. The molecule has 0 unspecified atom stereocenters. The summed E-state index contributed by atoms with van der Waals surface area (Å²) in [4.78, 5) is 28.1. The van der Waals surface area contributed by atoms with Crippen molar-refractivity contribution in [1.82, 2.24) is 19.9 Å². The number of nitrogens with one attached hydrogen (secondary N) is 2. The van der Waals surface area contributed by atoms with E-state index in [4.69, 9.17) is 9.47 Å². The number of sulfonamides is 1. The number of aromatic amines is 1. The molecule has 36 heavy (non-hydrogen) atoms. The van der Waals surface area contributed by atoms with Crippen molar-refractivity contribution in [2.75, 3.05) is 11.8 Å². The van der Waals surface area contributed by atoms with Gasteiger partial charge in [-0.2, -0.15) is 0 Å². The van der Waals surface area contributed by atoms with Crippen molar-refractivity contribution in [3.05, 3.63) is 82.9 Å². The van der Waals surface area contributed by atoms with E-state index in [-0.39, 0.29) is 39.3 Å². The predicted octanol–water partition coefficient (Wildman–Crippen LogP) is 4.13. The Bertz CT molecular complexity index is 1530. The summed E-state index contributed by atoms with van der Waals surface area (Å²) in [5, 5.41) is 0. The first-order chi connectivity index (χ1) is 17.1. The second-order valence-corrected chi connectivity index (χ2v) is 10.5. The van der Waals surface area contributed by atoms with Gasteiger partial charge in [-0.25, -0.2) is 23.4 Å². The predicted molar refractivity (Wildman–Crippen MR) is 135 cm³/mol. The van der Waals surface area contributed by atoms with Crippen molar-refractivity contribution in [3.63, 3.8) is 0 Å². The number of benzene rings is 2. The van der Waals surface area contributed by atoms with Crippen LogP contribution in [0.1, 0.15) is 26.3 Å². The molecule has 0 spiro atoms. The van der Waals surface area contributed by atoms with Gasteiger partial charge in [0, 0.05) is 12.4 Å². The Morgan fingerprint density at radius 1 is 0.917 bits per heavy atom. The second-order valence-electron chi connectivity index (χ2n) is 8.80. The quantitative estimate of drug-likeness (QED) is 0.381. The third-order valence-electron chi connectivity index (χ3n) is 5.20. The molecule has 0 aliphatic carbocycles. The number of para-hydroxylation sites is 2. The van der Waals surface area contributed by atoms with Crippen LogP contribution in [0.25, 0.3) is 11.6 Å². The zero-order chi connectivity index (χ0) is 25.9. The molecule has 2 aromatic heterocycles. The van der Waals surface area contributed by atoms with Crippen molar-refractivity contribution in [1.29, 1.82) is 0 Å². The summed E-state index contributed by atoms with van der Waals surface area (Å²) in [6.45, 7) is 6.09. The molecule has 2 heterocycles. The lowest BCUT2D eigenvalue weighted by atomic mass is 9.87. The minimum atomic E-state index is -4.14. The van der Waals surface area contributed by atoms with Gasteiger partial charge in [-0.15, -0.1) is 0 Å². The molecule has 4 aromatic rings. The number of aromatic nitrogens is 4. The molecule has 0 bridgehead atoms. The minimum absolute atomic E-state index is 0.00154. The highest BCUT2D eigenvalue weighted by atomic mass is 32.2. The molecular formula is C25H25N5O5S. The lowest BCUT2D eigenvalue weighted by Crippen LogP contribution is -2.20. The first kappa shape index (κ1) is 24.9. The van der Waals surface area contributed by atoms with Crippen molar-refractivity contribution >= 4 is 15.8 Å². The maximum absolute atomic E-state index is 13.3. The van der Waals surface area contributed by atoms with E-state index >= 15 is 0 Å².